The second-order valence-electron chi connectivity index (χ2n) is 8.96. The van der Waals surface area contributed by atoms with Crippen LogP contribution >= 0.6 is 0 Å². The molecule has 0 radical (unpaired) electrons. The van der Waals surface area contributed by atoms with Gasteiger partial charge in [-0.3, -0.25) is 0 Å². The predicted octanol–water partition coefficient (Wildman–Crippen LogP) is 4.63. The van der Waals surface area contributed by atoms with E-state index in [0.717, 1.165) is 78.8 Å². The van der Waals surface area contributed by atoms with Gasteiger partial charge in [0.05, 0.1) is 19.0 Å². The second-order valence-corrected chi connectivity index (χ2v) is 8.96. The lowest BCUT2D eigenvalue weighted by Gasteiger charge is -2.24. The third kappa shape index (κ3) is 4.28. The molecule has 1 saturated heterocycles. The molecule has 8 heteroatoms. The van der Waals surface area contributed by atoms with Gasteiger partial charge in [-0.05, 0) is 44.4 Å². The normalized spacial score (nSPS) is 18.1. The Kier molecular flexibility index (Phi) is 5.50. The summed E-state index contributed by atoms with van der Waals surface area (Å²) in [5.41, 5.74) is 3.30. The van der Waals surface area contributed by atoms with Gasteiger partial charge in [0.15, 0.2) is 5.65 Å². The first-order chi connectivity index (χ1) is 16.8. The molecular formula is C26H28N6O2. The monoisotopic (exact) mass is 456 g/mol. The van der Waals surface area contributed by atoms with E-state index in [1.807, 2.05) is 59.2 Å². The number of rotatable bonds is 7. The quantitative estimate of drug-likeness (QED) is 0.419. The smallest absolute Gasteiger partial charge is 0.157 e. The van der Waals surface area contributed by atoms with Crippen molar-refractivity contribution in [3.63, 3.8) is 0 Å². The number of methoxy groups -OCH3 is 1. The Labute approximate surface area is 198 Å². The van der Waals surface area contributed by atoms with Crippen LogP contribution in [0.15, 0.2) is 54.7 Å². The maximum atomic E-state index is 6.20. The Morgan fingerprint density at radius 1 is 1.06 bits per heavy atom. The van der Waals surface area contributed by atoms with Gasteiger partial charge in [0.25, 0.3) is 0 Å². The van der Waals surface area contributed by atoms with Gasteiger partial charge >= 0.3 is 0 Å². The zero-order valence-corrected chi connectivity index (χ0v) is 19.2. The highest BCUT2D eigenvalue weighted by Gasteiger charge is 2.30. The van der Waals surface area contributed by atoms with Crippen LogP contribution < -0.4 is 20.1 Å². The fourth-order valence-corrected chi connectivity index (χ4v) is 4.47. The fourth-order valence-electron chi connectivity index (χ4n) is 4.47. The summed E-state index contributed by atoms with van der Waals surface area (Å²) >= 11 is 0. The maximum Gasteiger partial charge on any atom is 0.157 e. The number of aromatic nitrogens is 4. The van der Waals surface area contributed by atoms with Crippen molar-refractivity contribution in [3.8, 4) is 28.6 Å². The SMILES string of the molecule is COc1cc2ncc(-c3cc(Oc4ccccc4)cc(NC4CCCNC4)n3)n2nc1C1CC1. The summed E-state index contributed by atoms with van der Waals surface area (Å²) in [4.78, 5) is 9.54. The highest BCUT2D eigenvalue weighted by molar-refractivity contribution is 5.65. The maximum absolute atomic E-state index is 6.20. The van der Waals surface area contributed by atoms with Crippen molar-refractivity contribution in [2.24, 2.45) is 0 Å². The predicted molar refractivity (Wildman–Crippen MR) is 131 cm³/mol. The highest BCUT2D eigenvalue weighted by atomic mass is 16.5. The molecule has 1 saturated carbocycles. The zero-order valence-electron chi connectivity index (χ0n) is 19.2. The highest BCUT2D eigenvalue weighted by Crippen LogP contribution is 2.43. The number of imidazole rings is 1. The minimum absolute atomic E-state index is 0.326. The van der Waals surface area contributed by atoms with E-state index in [1.165, 1.54) is 0 Å². The molecule has 4 heterocycles. The van der Waals surface area contributed by atoms with E-state index in [0.29, 0.717) is 17.7 Å². The number of para-hydroxylation sites is 1. The topological polar surface area (TPSA) is 85.6 Å². The first-order valence-electron chi connectivity index (χ1n) is 11.9. The average molecular weight is 457 g/mol. The number of benzene rings is 1. The van der Waals surface area contributed by atoms with E-state index < -0.39 is 0 Å². The van der Waals surface area contributed by atoms with Crippen LogP contribution in [0.2, 0.25) is 0 Å². The molecule has 1 aromatic carbocycles. The molecule has 8 nitrogen and oxygen atoms in total. The van der Waals surface area contributed by atoms with Gasteiger partial charge in [-0.2, -0.15) is 5.10 Å². The lowest BCUT2D eigenvalue weighted by molar-refractivity contribution is 0.405. The summed E-state index contributed by atoms with van der Waals surface area (Å²) in [6.45, 7) is 1.98. The number of piperidine rings is 1. The Morgan fingerprint density at radius 2 is 1.94 bits per heavy atom. The Hall–Kier alpha value is -3.65. The van der Waals surface area contributed by atoms with Gasteiger partial charge in [0, 0.05) is 36.7 Å². The summed E-state index contributed by atoms with van der Waals surface area (Å²) in [5, 5.41) is 12.0. The van der Waals surface area contributed by atoms with E-state index in [2.05, 4.69) is 15.6 Å². The number of nitrogens with one attached hydrogen (secondary N) is 2. The second kappa shape index (κ2) is 8.95. The van der Waals surface area contributed by atoms with E-state index in [9.17, 15) is 0 Å². The van der Waals surface area contributed by atoms with Crippen LogP contribution in [0.3, 0.4) is 0 Å². The van der Waals surface area contributed by atoms with Crippen LogP contribution in [0.5, 0.6) is 17.2 Å². The van der Waals surface area contributed by atoms with Crippen LogP contribution in [-0.4, -0.2) is 45.8 Å². The molecule has 1 unspecified atom stereocenters. The molecule has 2 N–H and O–H groups in total. The van der Waals surface area contributed by atoms with Crippen molar-refractivity contribution in [2.45, 2.75) is 37.6 Å². The molecule has 0 spiro atoms. The number of fused-ring (bicyclic) bond motifs is 1. The lowest BCUT2D eigenvalue weighted by atomic mass is 10.1. The number of hydrogen-bond donors (Lipinski definition) is 2. The number of nitrogens with zero attached hydrogens (tertiary/aromatic N) is 4. The molecule has 0 amide bonds. The molecule has 1 aliphatic carbocycles. The van der Waals surface area contributed by atoms with Crippen molar-refractivity contribution >= 4 is 11.5 Å². The summed E-state index contributed by atoms with van der Waals surface area (Å²) in [7, 11) is 1.69. The summed E-state index contributed by atoms with van der Waals surface area (Å²) in [6, 6.07) is 16.0. The van der Waals surface area contributed by atoms with Crippen LogP contribution in [0.4, 0.5) is 5.82 Å². The fraction of sp³-hybridized carbons (Fsp3) is 0.346. The molecule has 2 fully saturated rings. The lowest BCUT2D eigenvalue weighted by Crippen LogP contribution is -2.38. The van der Waals surface area contributed by atoms with Crippen molar-refractivity contribution < 1.29 is 9.47 Å². The van der Waals surface area contributed by atoms with Gasteiger partial charge in [0.2, 0.25) is 0 Å². The Morgan fingerprint density at radius 3 is 2.71 bits per heavy atom. The molecule has 174 valence electrons. The molecule has 34 heavy (non-hydrogen) atoms. The number of anilines is 1. The number of pyridine rings is 1. The zero-order chi connectivity index (χ0) is 22.9. The number of hydrogen-bond acceptors (Lipinski definition) is 7. The Balaban J connectivity index is 1.41. The van der Waals surface area contributed by atoms with Crippen molar-refractivity contribution in [1.82, 2.24) is 24.9 Å². The third-order valence-electron chi connectivity index (χ3n) is 6.36. The molecule has 1 atom stereocenters. The first-order valence-corrected chi connectivity index (χ1v) is 11.9. The molecule has 1 aliphatic heterocycles. The van der Waals surface area contributed by atoms with Crippen molar-refractivity contribution in [2.75, 3.05) is 25.5 Å². The van der Waals surface area contributed by atoms with Gasteiger partial charge in [0.1, 0.15) is 34.5 Å². The van der Waals surface area contributed by atoms with Gasteiger partial charge < -0.3 is 20.1 Å². The summed E-state index contributed by atoms with van der Waals surface area (Å²) < 4.78 is 13.7. The van der Waals surface area contributed by atoms with E-state index >= 15 is 0 Å². The molecule has 0 bridgehead atoms. The van der Waals surface area contributed by atoms with E-state index in [1.54, 1.807) is 7.11 Å². The minimum atomic E-state index is 0.326. The number of ether oxygens (including phenoxy) is 2. The summed E-state index contributed by atoms with van der Waals surface area (Å²) in [6.07, 6.45) is 6.35. The molecular weight excluding hydrogens is 428 g/mol. The standard InChI is InChI=1S/C26H28N6O2/c1-33-23-14-25-28-16-22(32(25)31-26(23)17-9-10-17)21-12-20(34-19-7-3-2-4-8-19)13-24(30-21)29-18-6-5-11-27-15-18/h2-4,7-8,12-14,16-18,27H,5-6,9-11,15H2,1H3,(H,29,30). The molecule has 2 aliphatic rings. The third-order valence-corrected chi connectivity index (χ3v) is 6.36. The van der Waals surface area contributed by atoms with Crippen LogP contribution in [0, 0.1) is 0 Å². The molecule has 4 aromatic rings. The minimum Gasteiger partial charge on any atom is -0.495 e. The molecule has 6 rings (SSSR count). The van der Waals surface area contributed by atoms with Gasteiger partial charge in [-0.25, -0.2) is 14.5 Å². The first kappa shape index (κ1) is 20.9. The van der Waals surface area contributed by atoms with Gasteiger partial charge in [-0.1, -0.05) is 18.2 Å². The van der Waals surface area contributed by atoms with E-state index in [4.69, 9.17) is 19.6 Å². The Bertz CT molecular complexity index is 1300. The molecule has 3 aromatic heterocycles. The summed E-state index contributed by atoms with van der Waals surface area (Å²) in [5.74, 6) is 3.53. The van der Waals surface area contributed by atoms with Crippen LogP contribution in [0.1, 0.15) is 37.3 Å². The van der Waals surface area contributed by atoms with Crippen molar-refractivity contribution in [3.05, 3.63) is 60.4 Å². The van der Waals surface area contributed by atoms with E-state index in [-0.39, 0.29) is 0 Å². The van der Waals surface area contributed by atoms with Crippen LogP contribution in [0.25, 0.3) is 17.0 Å². The van der Waals surface area contributed by atoms with Crippen molar-refractivity contribution in [1.29, 1.82) is 0 Å². The average Bonchev–Trinajstić information content (AvgIpc) is 3.63. The van der Waals surface area contributed by atoms with Gasteiger partial charge in [-0.15, -0.1) is 0 Å². The van der Waals surface area contributed by atoms with Crippen LogP contribution in [-0.2, 0) is 0 Å². The largest absolute Gasteiger partial charge is 0.495 e.